The van der Waals surface area contributed by atoms with Gasteiger partial charge in [-0.2, -0.15) is 0 Å². The van der Waals surface area contributed by atoms with Crippen LogP contribution in [0.2, 0.25) is 0 Å². The van der Waals surface area contributed by atoms with Crippen molar-refractivity contribution in [1.29, 1.82) is 0 Å². The molecular weight excluding hydrogens is 278 g/mol. The first-order chi connectivity index (χ1) is 8.02. The topological polar surface area (TPSA) is 21.3 Å². The molecule has 3 heteroatoms. The van der Waals surface area contributed by atoms with E-state index >= 15 is 0 Å². The summed E-state index contributed by atoms with van der Waals surface area (Å²) in [6.07, 6.45) is 1.33. The molecule has 1 aromatic rings. The molecule has 1 aromatic carbocycles. The van der Waals surface area contributed by atoms with E-state index in [1.165, 1.54) is 0 Å². The molecule has 17 heavy (non-hydrogen) atoms. The SMILES string of the molecule is CCC(C)NCC(C)Oc1ccc(Br)cc1C. The second-order valence-corrected chi connectivity index (χ2v) is 5.47. The predicted molar refractivity (Wildman–Crippen MR) is 76.7 cm³/mol. The Morgan fingerprint density at radius 2 is 2.06 bits per heavy atom. The second-order valence-electron chi connectivity index (χ2n) is 4.56. The van der Waals surface area contributed by atoms with E-state index in [4.69, 9.17) is 4.74 Å². The Morgan fingerprint density at radius 1 is 1.35 bits per heavy atom. The molecule has 0 aromatic heterocycles. The Bertz CT molecular complexity index is 354. The van der Waals surface area contributed by atoms with E-state index in [1.54, 1.807) is 0 Å². The summed E-state index contributed by atoms with van der Waals surface area (Å²) in [5, 5.41) is 3.45. The van der Waals surface area contributed by atoms with Gasteiger partial charge in [0, 0.05) is 17.1 Å². The minimum absolute atomic E-state index is 0.184. The first kappa shape index (κ1) is 14.5. The van der Waals surface area contributed by atoms with E-state index in [-0.39, 0.29) is 6.10 Å². The van der Waals surface area contributed by atoms with Crippen molar-refractivity contribution in [2.24, 2.45) is 0 Å². The van der Waals surface area contributed by atoms with Crippen molar-refractivity contribution in [2.45, 2.75) is 46.3 Å². The Hall–Kier alpha value is -0.540. The summed E-state index contributed by atoms with van der Waals surface area (Å²) in [6.45, 7) is 9.41. The molecule has 2 nitrogen and oxygen atoms in total. The van der Waals surface area contributed by atoms with E-state index in [0.717, 1.165) is 28.8 Å². The highest BCUT2D eigenvalue weighted by molar-refractivity contribution is 9.10. The molecule has 2 atom stereocenters. The zero-order valence-electron chi connectivity index (χ0n) is 11.1. The maximum atomic E-state index is 5.91. The largest absolute Gasteiger partial charge is 0.489 e. The van der Waals surface area contributed by atoms with Crippen molar-refractivity contribution in [3.05, 3.63) is 28.2 Å². The van der Waals surface area contributed by atoms with Gasteiger partial charge in [-0.25, -0.2) is 0 Å². The number of benzene rings is 1. The second kappa shape index (κ2) is 7.02. The summed E-state index contributed by atoms with van der Waals surface area (Å²) in [7, 11) is 0. The molecule has 0 spiro atoms. The van der Waals surface area contributed by atoms with Crippen LogP contribution in [-0.4, -0.2) is 18.7 Å². The van der Waals surface area contributed by atoms with Gasteiger partial charge in [-0.1, -0.05) is 22.9 Å². The average molecular weight is 300 g/mol. The highest BCUT2D eigenvalue weighted by Crippen LogP contribution is 2.22. The molecule has 0 amide bonds. The van der Waals surface area contributed by atoms with Gasteiger partial charge in [0.25, 0.3) is 0 Å². The number of hydrogen-bond acceptors (Lipinski definition) is 2. The zero-order chi connectivity index (χ0) is 12.8. The molecule has 0 saturated heterocycles. The third-order valence-electron chi connectivity index (χ3n) is 2.83. The van der Waals surface area contributed by atoms with Crippen LogP contribution in [0.3, 0.4) is 0 Å². The van der Waals surface area contributed by atoms with Crippen LogP contribution in [0, 0.1) is 6.92 Å². The summed E-state index contributed by atoms with van der Waals surface area (Å²) in [5.74, 6) is 0.964. The van der Waals surface area contributed by atoms with Crippen LogP contribution < -0.4 is 10.1 Å². The lowest BCUT2D eigenvalue weighted by Gasteiger charge is -2.19. The van der Waals surface area contributed by atoms with Gasteiger partial charge in [0.05, 0.1) is 0 Å². The van der Waals surface area contributed by atoms with Crippen LogP contribution in [0.5, 0.6) is 5.75 Å². The Balaban J connectivity index is 2.47. The molecule has 0 bridgehead atoms. The van der Waals surface area contributed by atoms with Gasteiger partial charge in [0.15, 0.2) is 0 Å². The van der Waals surface area contributed by atoms with Gasteiger partial charge >= 0.3 is 0 Å². The van der Waals surface area contributed by atoms with E-state index in [0.29, 0.717) is 6.04 Å². The van der Waals surface area contributed by atoms with Crippen LogP contribution in [0.15, 0.2) is 22.7 Å². The van der Waals surface area contributed by atoms with Crippen molar-refractivity contribution < 1.29 is 4.74 Å². The van der Waals surface area contributed by atoms with Crippen LogP contribution in [-0.2, 0) is 0 Å². The lowest BCUT2D eigenvalue weighted by Crippen LogP contribution is -2.34. The average Bonchev–Trinajstić information content (AvgIpc) is 2.29. The normalized spacial score (nSPS) is 14.4. The molecule has 1 rings (SSSR count). The zero-order valence-corrected chi connectivity index (χ0v) is 12.7. The van der Waals surface area contributed by atoms with Crippen molar-refractivity contribution in [3.8, 4) is 5.75 Å². The third-order valence-corrected chi connectivity index (χ3v) is 3.32. The molecule has 0 fully saturated rings. The minimum atomic E-state index is 0.184. The quantitative estimate of drug-likeness (QED) is 0.860. The number of hydrogen-bond donors (Lipinski definition) is 1. The van der Waals surface area contributed by atoms with Gasteiger partial charge in [-0.15, -0.1) is 0 Å². The van der Waals surface area contributed by atoms with Crippen LogP contribution in [0.25, 0.3) is 0 Å². The van der Waals surface area contributed by atoms with E-state index in [1.807, 2.05) is 12.1 Å². The summed E-state index contributed by atoms with van der Waals surface area (Å²) in [4.78, 5) is 0. The van der Waals surface area contributed by atoms with Crippen molar-refractivity contribution in [2.75, 3.05) is 6.54 Å². The van der Waals surface area contributed by atoms with Crippen LogP contribution >= 0.6 is 15.9 Å². The van der Waals surface area contributed by atoms with Crippen molar-refractivity contribution in [1.82, 2.24) is 5.32 Å². The number of ether oxygens (including phenoxy) is 1. The number of halogens is 1. The highest BCUT2D eigenvalue weighted by Gasteiger charge is 2.07. The molecule has 0 saturated carbocycles. The number of aryl methyl sites for hydroxylation is 1. The first-order valence-electron chi connectivity index (χ1n) is 6.19. The maximum absolute atomic E-state index is 5.91. The predicted octanol–water partition coefficient (Wildman–Crippen LogP) is 3.91. The molecule has 0 aliphatic carbocycles. The smallest absolute Gasteiger partial charge is 0.122 e. The van der Waals surface area contributed by atoms with Gasteiger partial charge in [-0.05, 0) is 51.0 Å². The first-order valence-corrected chi connectivity index (χ1v) is 6.98. The minimum Gasteiger partial charge on any atom is -0.489 e. The van der Waals surface area contributed by atoms with Gasteiger partial charge < -0.3 is 10.1 Å². The Morgan fingerprint density at radius 3 is 2.65 bits per heavy atom. The molecule has 0 radical (unpaired) electrons. The lowest BCUT2D eigenvalue weighted by atomic mass is 10.2. The highest BCUT2D eigenvalue weighted by atomic mass is 79.9. The summed E-state index contributed by atoms with van der Waals surface area (Å²) in [6, 6.07) is 6.65. The molecule has 96 valence electrons. The van der Waals surface area contributed by atoms with Gasteiger partial charge in [-0.3, -0.25) is 0 Å². The maximum Gasteiger partial charge on any atom is 0.122 e. The molecule has 0 heterocycles. The van der Waals surface area contributed by atoms with Crippen molar-refractivity contribution >= 4 is 15.9 Å². The number of nitrogens with one attached hydrogen (secondary N) is 1. The monoisotopic (exact) mass is 299 g/mol. The van der Waals surface area contributed by atoms with E-state index < -0.39 is 0 Å². The molecule has 0 aliphatic heterocycles. The molecular formula is C14H22BrNO. The third kappa shape index (κ3) is 5.09. The van der Waals surface area contributed by atoms with E-state index in [9.17, 15) is 0 Å². The lowest BCUT2D eigenvalue weighted by molar-refractivity contribution is 0.210. The fourth-order valence-corrected chi connectivity index (χ4v) is 1.99. The van der Waals surface area contributed by atoms with Crippen molar-refractivity contribution in [3.63, 3.8) is 0 Å². The molecule has 1 N–H and O–H groups in total. The van der Waals surface area contributed by atoms with E-state index in [2.05, 4.69) is 55.0 Å². The fraction of sp³-hybridized carbons (Fsp3) is 0.571. The molecule has 2 unspecified atom stereocenters. The summed E-state index contributed by atoms with van der Waals surface area (Å²) in [5.41, 5.74) is 1.16. The Labute approximate surface area is 113 Å². The summed E-state index contributed by atoms with van der Waals surface area (Å²) >= 11 is 3.45. The standard InChI is InChI=1S/C14H22BrNO/c1-5-11(3)16-9-12(4)17-14-7-6-13(15)8-10(14)2/h6-8,11-12,16H,5,9H2,1-4H3. The Kier molecular flexibility index (Phi) is 6.00. The van der Waals surface area contributed by atoms with Crippen LogP contribution in [0.4, 0.5) is 0 Å². The molecule has 0 aliphatic rings. The summed E-state index contributed by atoms with van der Waals surface area (Å²) < 4.78 is 7.00. The van der Waals surface area contributed by atoms with Gasteiger partial charge in [0.1, 0.15) is 11.9 Å². The van der Waals surface area contributed by atoms with Crippen LogP contribution in [0.1, 0.15) is 32.8 Å². The number of rotatable bonds is 6. The fourth-order valence-electron chi connectivity index (χ4n) is 1.51. The van der Waals surface area contributed by atoms with Gasteiger partial charge in [0.2, 0.25) is 0 Å².